The minimum absolute atomic E-state index is 0.0900. The average molecular weight is 330 g/mol. The van der Waals surface area contributed by atoms with Crippen molar-refractivity contribution in [3.8, 4) is 0 Å². The first-order valence-corrected chi connectivity index (χ1v) is 8.34. The van der Waals surface area contributed by atoms with Gasteiger partial charge >= 0.3 is 0 Å². The van der Waals surface area contributed by atoms with Crippen molar-refractivity contribution in [1.82, 2.24) is 4.98 Å². The molecule has 0 aliphatic heterocycles. The fourth-order valence-electron chi connectivity index (χ4n) is 2.47. The molecule has 0 spiro atoms. The number of amides is 1. The number of rotatable bonds is 6. The number of nitrogens with one attached hydrogen (secondary N) is 2. The zero-order valence-corrected chi connectivity index (χ0v) is 13.6. The van der Waals surface area contributed by atoms with Gasteiger partial charge in [-0.3, -0.25) is 4.79 Å². The molecule has 120 valence electrons. The van der Waals surface area contributed by atoms with Gasteiger partial charge in [-0.05, 0) is 49.1 Å². The highest BCUT2D eigenvalue weighted by molar-refractivity contribution is 6.30. The minimum atomic E-state index is 0.0900. The van der Waals surface area contributed by atoms with Crippen LogP contribution in [0.15, 0.2) is 42.6 Å². The number of nitrogens with zero attached hydrogens (tertiary/aromatic N) is 1. The number of carbonyl (C=O) groups excluding carboxylic acids is 1. The third-order valence-corrected chi connectivity index (χ3v) is 4.40. The second-order valence-corrected chi connectivity index (χ2v) is 6.29. The molecular weight excluding hydrogens is 310 g/mol. The molecule has 1 saturated carbocycles. The fourth-order valence-corrected chi connectivity index (χ4v) is 2.60. The van der Waals surface area contributed by atoms with Gasteiger partial charge in [0.15, 0.2) is 0 Å². The molecule has 0 bridgehead atoms. The molecule has 2 aromatic rings. The van der Waals surface area contributed by atoms with Crippen molar-refractivity contribution in [2.75, 3.05) is 17.2 Å². The maximum absolute atomic E-state index is 11.9. The highest BCUT2D eigenvalue weighted by atomic mass is 35.5. The summed E-state index contributed by atoms with van der Waals surface area (Å²) in [4.78, 5) is 16.1. The Balaban J connectivity index is 1.45. The van der Waals surface area contributed by atoms with E-state index in [2.05, 4.69) is 15.6 Å². The van der Waals surface area contributed by atoms with E-state index in [1.54, 1.807) is 6.20 Å². The number of pyridine rings is 1. The Morgan fingerprint density at radius 2 is 1.96 bits per heavy atom. The zero-order valence-electron chi connectivity index (χ0n) is 12.9. The highest BCUT2D eigenvalue weighted by Gasteiger charge is 2.25. The molecule has 4 nitrogen and oxygen atoms in total. The summed E-state index contributed by atoms with van der Waals surface area (Å²) >= 11 is 5.87. The smallest absolute Gasteiger partial charge is 0.228 e. The fraction of sp³-hybridized carbons (Fsp3) is 0.333. The van der Waals surface area contributed by atoms with Gasteiger partial charge in [0, 0.05) is 17.5 Å². The van der Waals surface area contributed by atoms with E-state index in [1.165, 1.54) is 5.56 Å². The van der Waals surface area contributed by atoms with Crippen LogP contribution >= 0.6 is 11.6 Å². The summed E-state index contributed by atoms with van der Waals surface area (Å²) < 4.78 is 0. The predicted molar refractivity (Wildman–Crippen MR) is 93.9 cm³/mol. The summed E-state index contributed by atoms with van der Waals surface area (Å²) in [6.45, 7) is 0.817. The van der Waals surface area contributed by atoms with Crippen molar-refractivity contribution in [3.05, 3.63) is 53.2 Å². The molecule has 0 radical (unpaired) electrons. The molecule has 1 heterocycles. The Morgan fingerprint density at radius 1 is 1.17 bits per heavy atom. The second-order valence-electron chi connectivity index (χ2n) is 5.85. The molecule has 23 heavy (non-hydrogen) atoms. The molecule has 1 aliphatic rings. The highest BCUT2D eigenvalue weighted by Crippen LogP contribution is 2.27. The van der Waals surface area contributed by atoms with Crippen LogP contribution in [0.25, 0.3) is 0 Å². The van der Waals surface area contributed by atoms with Gasteiger partial charge in [-0.2, -0.15) is 0 Å². The molecule has 1 fully saturated rings. The topological polar surface area (TPSA) is 54.0 Å². The largest absolute Gasteiger partial charge is 0.383 e. The van der Waals surface area contributed by atoms with Crippen molar-refractivity contribution < 1.29 is 4.79 Å². The summed E-state index contributed by atoms with van der Waals surface area (Å²) in [5, 5.41) is 6.95. The van der Waals surface area contributed by atoms with Crippen molar-refractivity contribution in [2.24, 2.45) is 5.92 Å². The molecule has 5 heteroatoms. The lowest BCUT2D eigenvalue weighted by Crippen LogP contribution is -2.28. The third kappa shape index (κ3) is 4.45. The molecule has 0 saturated heterocycles. The van der Waals surface area contributed by atoms with Crippen LogP contribution < -0.4 is 10.6 Å². The van der Waals surface area contributed by atoms with E-state index in [1.807, 2.05) is 36.4 Å². The van der Waals surface area contributed by atoms with E-state index in [-0.39, 0.29) is 11.8 Å². The maximum Gasteiger partial charge on any atom is 0.228 e. The van der Waals surface area contributed by atoms with Crippen LogP contribution in [0.5, 0.6) is 0 Å². The van der Waals surface area contributed by atoms with E-state index in [0.717, 1.165) is 42.9 Å². The van der Waals surface area contributed by atoms with Crippen molar-refractivity contribution >= 4 is 29.0 Å². The molecule has 2 N–H and O–H groups in total. The SMILES string of the molecule is O=C(Nc1ccc(NCCc2ccc(Cl)cc2)cn1)C1CCC1. The van der Waals surface area contributed by atoms with Crippen LogP contribution in [-0.4, -0.2) is 17.4 Å². The maximum atomic E-state index is 11.9. The van der Waals surface area contributed by atoms with E-state index in [4.69, 9.17) is 11.6 Å². The Labute approximate surface area is 141 Å². The summed E-state index contributed by atoms with van der Waals surface area (Å²) in [5.74, 6) is 0.881. The van der Waals surface area contributed by atoms with Gasteiger partial charge in [0.25, 0.3) is 0 Å². The first-order valence-electron chi connectivity index (χ1n) is 7.96. The minimum Gasteiger partial charge on any atom is -0.383 e. The number of hydrogen-bond donors (Lipinski definition) is 2. The van der Waals surface area contributed by atoms with Gasteiger partial charge < -0.3 is 10.6 Å². The first kappa shape index (κ1) is 15.8. The number of hydrogen-bond acceptors (Lipinski definition) is 3. The number of halogens is 1. The second kappa shape index (κ2) is 7.47. The Kier molecular flexibility index (Phi) is 5.13. The number of anilines is 2. The molecule has 1 aliphatic carbocycles. The average Bonchev–Trinajstić information content (AvgIpc) is 2.49. The number of carbonyl (C=O) groups is 1. The first-order chi connectivity index (χ1) is 11.2. The van der Waals surface area contributed by atoms with Crippen molar-refractivity contribution in [1.29, 1.82) is 0 Å². The number of benzene rings is 1. The lowest BCUT2D eigenvalue weighted by Gasteiger charge is -2.23. The van der Waals surface area contributed by atoms with E-state index in [0.29, 0.717) is 5.82 Å². The summed E-state index contributed by atoms with van der Waals surface area (Å²) in [7, 11) is 0. The van der Waals surface area contributed by atoms with Gasteiger partial charge in [-0.25, -0.2) is 4.98 Å². The van der Waals surface area contributed by atoms with Crippen LogP contribution in [-0.2, 0) is 11.2 Å². The van der Waals surface area contributed by atoms with Crippen molar-refractivity contribution in [3.63, 3.8) is 0 Å². The van der Waals surface area contributed by atoms with Gasteiger partial charge in [-0.15, -0.1) is 0 Å². The molecule has 1 aromatic heterocycles. The standard InChI is InChI=1S/C18H20ClN3O/c19-15-6-4-13(5-7-15)10-11-20-16-8-9-17(21-12-16)22-18(23)14-2-1-3-14/h4-9,12,14,20H,1-3,10-11H2,(H,21,22,23). The third-order valence-electron chi connectivity index (χ3n) is 4.15. The van der Waals surface area contributed by atoms with Crippen LogP contribution in [0.1, 0.15) is 24.8 Å². The van der Waals surface area contributed by atoms with Gasteiger partial charge in [0.1, 0.15) is 5.82 Å². The number of aromatic nitrogens is 1. The normalized spacial score (nSPS) is 14.1. The summed E-state index contributed by atoms with van der Waals surface area (Å²) in [6, 6.07) is 11.6. The van der Waals surface area contributed by atoms with Crippen LogP contribution in [0.2, 0.25) is 5.02 Å². The lowest BCUT2D eigenvalue weighted by atomic mass is 9.85. The molecule has 0 atom stereocenters. The molecule has 1 amide bonds. The van der Waals surface area contributed by atoms with Crippen molar-refractivity contribution in [2.45, 2.75) is 25.7 Å². The Morgan fingerprint density at radius 3 is 2.57 bits per heavy atom. The Hall–Kier alpha value is -2.07. The van der Waals surface area contributed by atoms with Gasteiger partial charge in [-0.1, -0.05) is 30.2 Å². The monoisotopic (exact) mass is 329 g/mol. The molecule has 3 rings (SSSR count). The summed E-state index contributed by atoms with van der Waals surface area (Å²) in [6.07, 6.45) is 5.81. The molecule has 1 aromatic carbocycles. The Bertz CT molecular complexity index is 651. The quantitative estimate of drug-likeness (QED) is 0.838. The van der Waals surface area contributed by atoms with Crippen LogP contribution in [0.4, 0.5) is 11.5 Å². The summed E-state index contributed by atoms with van der Waals surface area (Å²) in [5.41, 5.74) is 2.18. The van der Waals surface area contributed by atoms with E-state index in [9.17, 15) is 4.79 Å². The van der Waals surface area contributed by atoms with Gasteiger partial charge in [0.05, 0.1) is 11.9 Å². The van der Waals surface area contributed by atoms with Crippen LogP contribution in [0.3, 0.4) is 0 Å². The molecule has 0 unspecified atom stereocenters. The lowest BCUT2D eigenvalue weighted by molar-refractivity contribution is -0.122. The van der Waals surface area contributed by atoms with E-state index >= 15 is 0 Å². The van der Waals surface area contributed by atoms with Gasteiger partial charge in [0.2, 0.25) is 5.91 Å². The van der Waals surface area contributed by atoms with E-state index < -0.39 is 0 Å². The molecular formula is C18H20ClN3O. The predicted octanol–water partition coefficient (Wildman–Crippen LogP) is 4.13. The zero-order chi connectivity index (χ0) is 16.1. The van der Waals surface area contributed by atoms with Crippen LogP contribution in [0, 0.1) is 5.92 Å².